The molecule has 1 aliphatic carbocycles. The number of rotatable bonds is 5. The highest BCUT2D eigenvalue weighted by molar-refractivity contribution is 9.10. The molecular formula is C15H24BrN3O. The smallest absolute Gasteiger partial charge is 0.142 e. The maximum Gasteiger partial charge on any atom is 0.142 e. The number of aryl methyl sites for hydroxylation is 2. The highest BCUT2D eigenvalue weighted by Crippen LogP contribution is 2.32. The van der Waals surface area contributed by atoms with Gasteiger partial charge < -0.3 is 5.73 Å². The Balaban J connectivity index is 2.14. The molecule has 2 atom stereocenters. The lowest BCUT2D eigenvalue weighted by Crippen LogP contribution is -2.33. The molecule has 0 saturated heterocycles. The van der Waals surface area contributed by atoms with Gasteiger partial charge in [0.25, 0.3) is 0 Å². The van der Waals surface area contributed by atoms with Crippen LogP contribution in [-0.4, -0.2) is 22.1 Å². The van der Waals surface area contributed by atoms with Crippen molar-refractivity contribution in [1.29, 1.82) is 0 Å². The van der Waals surface area contributed by atoms with Crippen LogP contribution in [0.25, 0.3) is 0 Å². The molecule has 2 N–H and O–H groups in total. The van der Waals surface area contributed by atoms with Gasteiger partial charge in [0.05, 0.1) is 15.9 Å². The first-order valence-electron chi connectivity index (χ1n) is 7.53. The third-order valence-electron chi connectivity index (χ3n) is 4.42. The second-order valence-electron chi connectivity index (χ2n) is 5.69. The van der Waals surface area contributed by atoms with Crippen molar-refractivity contribution in [3.8, 4) is 0 Å². The number of carbonyl (C=O) groups is 1. The third kappa shape index (κ3) is 3.14. The van der Waals surface area contributed by atoms with Gasteiger partial charge in [-0.05, 0) is 55.1 Å². The van der Waals surface area contributed by atoms with Crippen LogP contribution in [0.15, 0.2) is 4.47 Å². The van der Waals surface area contributed by atoms with E-state index < -0.39 is 0 Å². The minimum Gasteiger partial charge on any atom is -0.330 e. The van der Waals surface area contributed by atoms with Crippen LogP contribution in [0.3, 0.4) is 0 Å². The summed E-state index contributed by atoms with van der Waals surface area (Å²) in [5.74, 6) is 0.839. The number of hydrogen-bond donors (Lipinski definition) is 1. The zero-order chi connectivity index (χ0) is 14.7. The van der Waals surface area contributed by atoms with Crippen LogP contribution in [0.1, 0.15) is 44.0 Å². The van der Waals surface area contributed by atoms with Crippen LogP contribution < -0.4 is 5.73 Å². The monoisotopic (exact) mass is 341 g/mol. The second-order valence-corrected chi connectivity index (χ2v) is 6.48. The van der Waals surface area contributed by atoms with Crippen LogP contribution in [0.4, 0.5) is 0 Å². The summed E-state index contributed by atoms with van der Waals surface area (Å²) in [5.41, 5.74) is 7.80. The van der Waals surface area contributed by atoms with E-state index in [2.05, 4.69) is 28.0 Å². The van der Waals surface area contributed by atoms with Gasteiger partial charge in [-0.2, -0.15) is 5.10 Å². The first kappa shape index (κ1) is 15.7. The maximum absolute atomic E-state index is 12.6. The molecule has 0 aliphatic heterocycles. The zero-order valence-electron chi connectivity index (χ0n) is 12.4. The van der Waals surface area contributed by atoms with Crippen molar-refractivity contribution in [2.45, 2.75) is 52.5 Å². The van der Waals surface area contributed by atoms with E-state index in [0.29, 0.717) is 24.7 Å². The average molecular weight is 342 g/mol. The van der Waals surface area contributed by atoms with E-state index in [1.54, 1.807) is 0 Å². The van der Waals surface area contributed by atoms with E-state index in [1.807, 2.05) is 11.6 Å². The van der Waals surface area contributed by atoms with Crippen LogP contribution in [0.5, 0.6) is 0 Å². The molecule has 1 fully saturated rings. The minimum atomic E-state index is 0.140. The van der Waals surface area contributed by atoms with E-state index in [9.17, 15) is 4.79 Å². The summed E-state index contributed by atoms with van der Waals surface area (Å²) in [7, 11) is 0. The lowest BCUT2D eigenvalue weighted by atomic mass is 9.76. The summed E-state index contributed by atoms with van der Waals surface area (Å²) in [6.45, 7) is 5.44. The number of nitrogens with zero attached hydrogens (tertiary/aromatic N) is 2. The Kier molecular flexibility index (Phi) is 5.38. The van der Waals surface area contributed by atoms with Crippen LogP contribution in [0.2, 0.25) is 0 Å². The van der Waals surface area contributed by atoms with E-state index in [4.69, 9.17) is 5.73 Å². The number of halogens is 1. The van der Waals surface area contributed by atoms with Gasteiger partial charge in [0.2, 0.25) is 0 Å². The maximum atomic E-state index is 12.6. The first-order valence-corrected chi connectivity index (χ1v) is 8.32. The summed E-state index contributed by atoms with van der Waals surface area (Å²) >= 11 is 3.57. The topological polar surface area (TPSA) is 60.9 Å². The Labute approximate surface area is 129 Å². The zero-order valence-corrected chi connectivity index (χ0v) is 13.9. The third-order valence-corrected chi connectivity index (χ3v) is 5.45. The number of Topliss-reactive ketones (excluding diaryl/α,β-unsaturated/α-hetero) is 1. The lowest BCUT2D eigenvalue weighted by Gasteiger charge is -2.29. The summed E-state index contributed by atoms with van der Waals surface area (Å²) in [4.78, 5) is 12.6. The van der Waals surface area contributed by atoms with Gasteiger partial charge in [-0.3, -0.25) is 9.48 Å². The number of aromatic nitrogens is 2. The molecule has 1 aromatic rings. The predicted octanol–water partition coefficient (Wildman–Crippen LogP) is 2.85. The molecular weight excluding hydrogens is 318 g/mol. The van der Waals surface area contributed by atoms with Gasteiger partial charge >= 0.3 is 0 Å². The average Bonchev–Trinajstić information content (AvgIpc) is 2.74. The Morgan fingerprint density at radius 1 is 1.45 bits per heavy atom. The van der Waals surface area contributed by atoms with Crippen molar-refractivity contribution in [1.82, 2.24) is 9.78 Å². The van der Waals surface area contributed by atoms with Gasteiger partial charge in [0, 0.05) is 18.9 Å². The van der Waals surface area contributed by atoms with Crippen molar-refractivity contribution < 1.29 is 4.79 Å². The molecule has 0 radical (unpaired) electrons. The summed E-state index contributed by atoms with van der Waals surface area (Å²) < 4.78 is 2.91. The molecule has 4 nitrogen and oxygen atoms in total. The number of nitrogens with two attached hydrogens (primary N) is 1. The molecule has 1 saturated carbocycles. The Bertz CT molecular complexity index is 484. The Hall–Kier alpha value is -0.680. The van der Waals surface area contributed by atoms with E-state index >= 15 is 0 Å². The van der Waals surface area contributed by atoms with Gasteiger partial charge in [-0.15, -0.1) is 0 Å². The Morgan fingerprint density at radius 3 is 2.80 bits per heavy atom. The normalized spacial score (nSPS) is 23.0. The molecule has 1 aliphatic rings. The van der Waals surface area contributed by atoms with Crippen LogP contribution in [0, 0.1) is 18.8 Å². The van der Waals surface area contributed by atoms with Crippen molar-refractivity contribution in [3.05, 3.63) is 15.9 Å². The molecule has 5 heteroatoms. The fourth-order valence-electron chi connectivity index (χ4n) is 3.25. The summed E-state index contributed by atoms with van der Waals surface area (Å²) in [6.07, 6.45) is 4.93. The van der Waals surface area contributed by atoms with Crippen molar-refractivity contribution in [3.63, 3.8) is 0 Å². The molecule has 0 bridgehead atoms. The van der Waals surface area contributed by atoms with Gasteiger partial charge in [0.15, 0.2) is 0 Å². The summed E-state index contributed by atoms with van der Waals surface area (Å²) in [5, 5.41) is 4.46. The molecule has 0 amide bonds. The summed E-state index contributed by atoms with van der Waals surface area (Å²) in [6, 6.07) is 0. The van der Waals surface area contributed by atoms with Crippen molar-refractivity contribution in [2.24, 2.45) is 17.6 Å². The Morgan fingerprint density at radius 2 is 2.15 bits per heavy atom. The van der Waals surface area contributed by atoms with E-state index in [-0.39, 0.29) is 5.92 Å². The van der Waals surface area contributed by atoms with E-state index in [1.165, 1.54) is 6.42 Å². The quantitative estimate of drug-likeness (QED) is 0.895. The van der Waals surface area contributed by atoms with Crippen molar-refractivity contribution in [2.75, 3.05) is 6.54 Å². The highest BCUT2D eigenvalue weighted by Gasteiger charge is 2.30. The molecule has 1 heterocycles. The standard InChI is InChI=1S/C15H24BrN3O/c1-3-19-13(15(16)10(2)18-19)8-14(20)12-7-5-4-6-11(12)9-17/h11-12H,3-9,17H2,1-2H3. The molecule has 112 valence electrons. The minimum absolute atomic E-state index is 0.140. The van der Waals surface area contributed by atoms with E-state index in [0.717, 1.165) is 41.7 Å². The number of carbonyl (C=O) groups excluding carboxylic acids is 1. The fraction of sp³-hybridized carbons (Fsp3) is 0.733. The molecule has 20 heavy (non-hydrogen) atoms. The van der Waals surface area contributed by atoms with Gasteiger partial charge in [0.1, 0.15) is 5.78 Å². The highest BCUT2D eigenvalue weighted by atomic mass is 79.9. The largest absolute Gasteiger partial charge is 0.330 e. The van der Waals surface area contributed by atoms with Gasteiger partial charge in [-0.25, -0.2) is 0 Å². The van der Waals surface area contributed by atoms with Crippen LogP contribution >= 0.6 is 15.9 Å². The fourth-order valence-corrected chi connectivity index (χ4v) is 3.67. The molecule has 1 aromatic heterocycles. The molecule has 0 aromatic carbocycles. The van der Waals surface area contributed by atoms with Crippen molar-refractivity contribution >= 4 is 21.7 Å². The molecule has 2 rings (SSSR count). The molecule has 0 spiro atoms. The predicted molar refractivity (Wildman–Crippen MR) is 83.6 cm³/mol. The van der Waals surface area contributed by atoms with Gasteiger partial charge in [-0.1, -0.05) is 12.8 Å². The van der Waals surface area contributed by atoms with Crippen LogP contribution in [-0.2, 0) is 17.8 Å². The first-order chi connectivity index (χ1) is 9.58. The number of hydrogen-bond acceptors (Lipinski definition) is 3. The molecule has 2 unspecified atom stereocenters. The lowest BCUT2D eigenvalue weighted by molar-refractivity contribution is -0.124. The number of ketones is 1. The second kappa shape index (κ2) is 6.85. The SMILES string of the molecule is CCn1nc(C)c(Br)c1CC(=O)C1CCCCC1CN.